The van der Waals surface area contributed by atoms with Gasteiger partial charge in [0.15, 0.2) is 11.5 Å². The van der Waals surface area contributed by atoms with Crippen LogP contribution in [0.15, 0.2) is 18.2 Å². The number of fused-ring (bicyclic) bond motifs is 1. The zero-order valence-electron chi connectivity index (χ0n) is 20.5. The Bertz CT molecular complexity index is 717. The molecule has 0 aliphatic carbocycles. The van der Waals surface area contributed by atoms with Crippen molar-refractivity contribution in [1.82, 2.24) is 0 Å². The Hall–Kier alpha value is -1.50. The first-order chi connectivity index (χ1) is 17.1. The third kappa shape index (κ3) is 9.47. The van der Waals surface area contributed by atoms with Gasteiger partial charge in [-0.2, -0.15) is 0 Å². The Morgan fingerprint density at radius 2 is 1.23 bits per heavy atom. The minimum Gasteiger partial charge on any atom is -0.487 e. The van der Waals surface area contributed by atoms with E-state index in [-0.39, 0.29) is 0 Å². The predicted octanol–water partition coefficient (Wildman–Crippen LogP) is 0.717. The van der Waals surface area contributed by atoms with Gasteiger partial charge in [0, 0.05) is 0 Å². The highest BCUT2D eigenvalue weighted by atomic mass is 16.6. The average molecular weight is 501 g/mol. The largest absolute Gasteiger partial charge is 0.487 e. The minimum absolute atomic E-state index is 0.375. The molecule has 10 heteroatoms. The van der Waals surface area contributed by atoms with Gasteiger partial charge in [-0.05, 0) is 43.9 Å². The maximum Gasteiger partial charge on any atom is 0.161 e. The Balaban J connectivity index is 1.52. The molecular formula is C25H40O10. The summed E-state index contributed by atoms with van der Waals surface area (Å²) in [6, 6.07) is 5.82. The molecule has 0 bridgehead atoms. The molecule has 0 spiro atoms. The molecule has 35 heavy (non-hydrogen) atoms. The topological polar surface area (TPSA) is 125 Å². The molecule has 2 heterocycles. The molecular weight excluding hydrogens is 460 g/mol. The van der Waals surface area contributed by atoms with E-state index in [0.29, 0.717) is 84.0 Å². The molecule has 0 aromatic heterocycles. The summed E-state index contributed by atoms with van der Waals surface area (Å²) < 4.78 is 39.5. The molecule has 10 nitrogen and oxygen atoms in total. The van der Waals surface area contributed by atoms with Crippen molar-refractivity contribution in [1.29, 1.82) is 0 Å². The molecule has 1 aromatic rings. The highest BCUT2D eigenvalue weighted by molar-refractivity contribution is 5.43. The molecule has 1 saturated heterocycles. The van der Waals surface area contributed by atoms with Crippen molar-refractivity contribution in [2.45, 2.75) is 56.7 Å². The van der Waals surface area contributed by atoms with E-state index in [9.17, 15) is 15.3 Å². The Labute approximate surface area is 207 Å². The van der Waals surface area contributed by atoms with Crippen LogP contribution in [0.3, 0.4) is 0 Å². The van der Waals surface area contributed by atoms with Crippen LogP contribution < -0.4 is 9.47 Å². The molecule has 1 fully saturated rings. The highest BCUT2D eigenvalue weighted by Gasteiger charge is 2.41. The molecule has 0 saturated carbocycles. The quantitative estimate of drug-likeness (QED) is 0.544. The summed E-state index contributed by atoms with van der Waals surface area (Å²) in [4.78, 5) is 0. The Morgan fingerprint density at radius 3 is 1.83 bits per heavy atom. The average Bonchev–Trinajstić information content (AvgIpc) is 2.86. The van der Waals surface area contributed by atoms with Crippen molar-refractivity contribution < 1.29 is 48.5 Å². The van der Waals surface area contributed by atoms with Crippen LogP contribution in [0.2, 0.25) is 0 Å². The van der Waals surface area contributed by atoms with Gasteiger partial charge in [-0.25, -0.2) is 0 Å². The number of rotatable bonds is 4. The lowest BCUT2D eigenvalue weighted by Gasteiger charge is -2.39. The molecule has 2 unspecified atom stereocenters. The van der Waals surface area contributed by atoms with Gasteiger partial charge >= 0.3 is 0 Å². The minimum atomic E-state index is -1.20. The summed E-state index contributed by atoms with van der Waals surface area (Å²) in [7, 11) is 0. The fraction of sp³-hybridized carbons (Fsp3) is 0.760. The third-order valence-corrected chi connectivity index (χ3v) is 6.00. The SMILES string of the molecule is CC1O[C@@H](CCCc2ccc3c(c2)OCCOCCOCCOCCOCCO3)C(O)[C@H](O)[C@H]1O. The number of aliphatic hydroxyl groups excluding tert-OH is 3. The highest BCUT2D eigenvalue weighted by Crippen LogP contribution is 2.30. The van der Waals surface area contributed by atoms with Gasteiger partial charge in [0.2, 0.25) is 0 Å². The van der Waals surface area contributed by atoms with Gasteiger partial charge in [0.25, 0.3) is 0 Å². The van der Waals surface area contributed by atoms with Crippen LogP contribution in [0.25, 0.3) is 0 Å². The van der Waals surface area contributed by atoms with Crippen molar-refractivity contribution in [2.75, 3.05) is 66.1 Å². The second kappa shape index (κ2) is 15.6. The van der Waals surface area contributed by atoms with Crippen LogP contribution in [-0.2, 0) is 30.1 Å². The summed E-state index contributed by atoms with van der Waals surface area (Å²) in [6.07, 6.45) is -2.42. The first kappa shape index (κ1) is 28.1. The summed E-state index contributed by atoms with van der Waals surface area (Å²) in [5.74, 6) is 1.27. The van der Waals surface area contributed by atoms with Crippen molar-refractivity contribution in [3.8, 4) is 11.5 Å². The van der Waals surface area contributed by atoms with E-state index in [1.165, 1.54) is 0 Å². The van der Waals surface area contributed by atoms with E-state index in [4.69, 9.17) is 33.2 Å². The maximum atomic E-state index is 10.2. The second-order valence-corrected chi connectivity index (χ2v) is 8.67. The van der Waals surface area contributed by atoms with Gasteiger partial charge in [0.05, 0.1) is 65.1 Å². The number of aliphatic hydroxyl groups is 3. The lowest BCUT2D eigenvalue weighted by atomic mass is 9.92. The third-order valence-electron chi connectivity index (χ3n) is 6.00. The van der Waals surface area contributed by atoms with Crippen LogP contribution in [0.5, 0.6) is 11.5 Å². The van der Waals surface area contributed by atoms with E-state index in [2.05, 4.69) is 0 Å². The fourth-order valence-electron chi connectivity index (χ4n) is 4.01. The van der Waals surface area contributed by atoms with Gasteiger partial charge in [0.1, 0.15) is 31.5 Å². The summed E-state index contributed by atoms with van der Waals surface area (Å²) in [5, 5.41) is 30.1. The van der Waals surface area contributed by atoms with Crippen LogP contribution in [-0.4, -0.2) is 112 Å². The molecule has 5 atom stereocenters. The number of benzene rings is 1. The fourth-order valence-corrected chi connectivity index (χ4v) is 4.01. The second-order valence-electron chi connectivity index (χ2n) is 8.67. The number of aryl methyl sites for hydroxylation is 1. The smallest absolute Gasteiger partial charge is 0.161 e. The molecule has 200 valence electrons. The van der Waals surface area contributed by atoms with Gasteiger partial charge < -0.3 is 48.5 Å². The molecule has 0 amide bonds. The standard InChI is InChI=1S/C25H40O10/c1-18-23(26)25(28)24(27)21(35-18)4-2-3-19-5-6-20-22(17-19)34-16-14-32-12-10-30-8-7-29-9-11-31-13-15-33-20/h5-6,17-18,21,23-28H,2-4,7-16H2,1H3/t18?,21-,23-,24?,25+/m0/s1. The van der Waals surface area contributed by atoms with Gasteiger partial charge in [-0.15, -0.1) is 0 Å². The van der Waals surface area contributed by atoms with E-state index in [1.54, 1.807) is 6.92 Å². The Morgan fingerprint density at radius 1 is 0.686 bits per heavy atom. The number of hydrogen-bond acceptors (Lipinski definition) is 10. The lowest BCUT2D eigenvalue weighted by molar-refractivity contribution is -0.218. The van der Waals surface area contributed by atoms with Crippen LogP contribution in [0.4, 0.5) is 0 Å². The first-order valence-corrected chi connectivity index (χ1v) is 12.5. The van der Waals surface area contributed by atoms with Crippen molar-refractivity contribution in [3.63, 3.8) is 0 Å². The van der Waals surface area contributed by atoms with E-state index < -0.39 is 30.5 Å². The lowest BCUT2D eigenvalue weighted by Crippen LogP contribution is -2.56. The van der Waals surface area contributed by atoms with E-state index >= 15 is 0 Å². The van der Waals surface area contributed by atoms with Crippen molar-refractivity contribution in [2.24, 2.45) is 0 Å². The van der Waals surface area contributed by atoms with Gasteiger partial charge in [-0.1, -0.05) is 6.07 Å². The monoisotopic (exact) mass is 500 g/mol. The predicted molar refractivity (Wildman–Crippen MR) is 126 cm³/mol. The van der Waals surface area contributed by atoms with Crippen LogP contribution in [0, 0.1) is 0 Å². The number of hydrogen-bond donors (Lipinski definition) is 3. The Kier molecular flexibility index (Phi) is 12.5. The normalized spacial score (nSPS) is 30.2. The molecule has 3 rings (SSSR count). The first-order valence-electron chi connectivity index (χ1n) is 12.5. The summed E-state index contributed by atoms with van der Waals surface area (Å²) in [5.41, 5.74) is 1.05. The summed E-state index contributed by atoms with van der Waals surface area (Å²) in [6.45, 7) is 6.34. The zero-order valence-corrected chi connectivity index (χ0v) is 20.5. The number of ether oxygens (including phenoxy) is 7. The van der Waals surface area contributed by atoms with E-state index in [1.807, 2.05) is 18.2 Å². The molecule has 2 aliphatic heterocycles. The maximum absolute atomic E-state index is 10.2. The van der Waals surface area contributed by atoms with Crippen LogP contribution in [0.1, 0.15) is 25.3 Å². The molecule has 2 aliphatic rings. The van der Waals surface area contributed by atoms with Crippen molar-refractivity contribution in [3.05, 3.63) is 23.8 Å². The molecule has 1 aromatic carbocycles. The van der Waals surface area contributed by atoms with E-state index in [0.717, 1.165) is 18.4 Å². The molecule has 0 radical (unpaired) electrons. The van der Waals surface area contributed by atoms with Gasteiger partial charge in [-0.3, -0.25) is 0 Å². The van der Waals surface area contributed by atoms with Crippen LogP contribution >= 0.6 is 0 Å². The molecule has 3 N–H and O–H groups in total. The summed E-state index contributed by atoms with van der Waals surface area (Å²) >= 11 is 0. The van der Waals surface area contributed by atoms with Crippen molar-refractivity contribution >= 4 is 0 Å². The zero-order chi connectivity index (χ0) is 24.9.